The maximum atomic E-state index is 9.04. The maximum Gasteiger partial charge on any atom is 0.101 e. The smallest absolute Gasteiger partial charge is 0.101 e. The fraction of sp³-hybridized carbons (Fsp3) is 0.462. The van der Waals surface area contributed by atoms with Gasteiger partial charge in [-0.15, -0.1) is 0 Å². The predicted octanol–water partition coefficient (Wildman–Crippen LogP) is 2.60. The molecule has 1 aromatic rings. The Morgan fingerprint density at radius 2 is 1.94 bits per heavy atom. The van der Waals surface area contributed by atoms with E-state index >= 15 is 0 Å². The molecule has 17 heavy (non-hydrogen) atoms. The highest BCUT2D eigenvalue weighted by molar-refractivity contribution is 6.30. The average Bonchev–Trinajstić information content (AvgIpc) is 2.28. The van der Waals surface area contributed by atoms with E-state index in [1.807, 2.05) is 13.1 Å². The highest BCUT2D eigenvalue weighted by Gasteiger charge is 2.07. The minimum Gasteiger partial charge on any atom is -0.373 e. The van der Waals surface area contributed by atoms with E-state index in [-0.39, 0.29) is 0 Å². The number of hydrogen-bond donors (Lipinski definition) is 0. The number of hydrogen-bond acceptors (Lipinski definition) is 3. The van der Waals surface area contributed by atoms with E-state index in [0.29, 0.717) is 10.6 Å². The van der Waals surface area contributed by atoms with Crippen molar-refractivity contribution in [3.05, 3.63) is 28.8 Å². The van der Waals surface area contributed by atoms with Crippen molar-refractivity contribution in [1.82, 2.24) is 4.90 Å². The third-order valence-electron chi connectivity index (χ3n) is 2.59. The van der Waals surface area contributed by atoms with Crippen LogP contribution in [0.25, 0.3) is 0 Å². The fourth-order valence-electron chi connectivity index (χ4n) is 1.66. The monoisotopic (exact) mass is 251 g/mol. The molecule has 0 heterocycles. The van der Waals surface area contributed by atoms with Gasteiger partial charge >= 0.3 is 0 Å². The van der Waals surface area contributed by atoms with Gasteiger partial charge in [0.2, 0.25) is 0 Å². The molecule has 3 nitrogen and oxygen atoms in total. The van der Waals surface area contributed by atoms with E-state index < -0.39 is 0 Å². The molecule has 0 unspecified atom stereocenters. The Balaban J connectivity index is 2.71. The summed E-state index contributed by atoms with van der Waals surface area (Å²) in [6.45, 7) is 1.94. The zero-order valence-corrected chi connectivity index (χ0v) is 11.3. The molecule has 0 atom stereocenters. The van der Waals surface area contributed by atoms with Gasteiger partial charge in [-0.05, 0) is 45.3 Å². The van der Waals surface area contributed by atoms with Crippen LogP contribution in [0.4, 0.5) is 5.69 Å². The Morgan fingerprint density at radius 1 is 1.24 bits per heavy atom. The van der Waals surface area contributed by atoms with Crippen molar-refractivity contribution in [2.75, 3.05) is 39.1 Å². The minimum absolute atomic E-state index is 0.665. The van der Waals surface area contributed by atoms with E-state index in [0.717, 1.165) is 25.2 Å². The average molecular weight is 252 g/mol. The van der Waals surface area contributed by atoms with Gasteiger partial charge in [0.15, 0.2) is 0 Å². The predicted molar refractivity (Wildman–Crippen MR) is 72.6 cm³/mol. The summed E-state index contributed by atoms with van der Waals surface area (Å²) in [6, 6.07) is 7.55. The van der Waals surface area contributed by atoms with Crippen LogP contribution in [0.3, 0.4) is 0 Å². The van der Waals surface area contributed by atoms with Gasteiger partial charge in [-0.2, -0.15) is 5.26 Å². The van der Waals surface area contributed by atoms with Crippen LogP contribution in [-0.2, 0) is 0 Å². The van der Waals surface area contributed by atoms with E-state index in [1.54, 1.807) is 12.1 Å². The molecule has 4 heteroatoms. The molecule has 92 valence electrons. The lowest BCUT2D eigenvalue weighted by Gasteiger charge is -2.21. The van der Waals surface area contributed by atoms with Crippen LogP contribution in [0.15, 0.2) is 18.2 Å². The number of nitriles is 1. The standard InChI is InChI=1S/C13H18ClN3/c1-16(2)7-4-8-17(3)13-9-12(14)6-5-11(13)10-15/h5-6,9H,4,7-8H2,1-3H3. The van der Waals surface area contributed by atoms with Crippen LogP contribution >= 0.6 is 11.6 Å². The van der Waals surface area contributed by atoms with Gasteiger partial charge in [-0.1, -0.05) is 11.6 Å². The molecule has 0 aliphatic carbocycles. The van der Waals surface area contributed by atoms with Gasteiger partial charge < -0.3 is 9.80 Å². The Morgan fingerprint density at radius 3 is 2.53 bits per heavy atom. The molecule has 0 fully saturated rings. The minimum atomic E-state index is 0.665. The second-order valence-electron chi connectivity index (χ2n) is 4.35. The van der Waals surface area contributed by atoms with E-state index in [9.17, 15) is 0 Å². The van der Waals surface area contributed by atoms with Crippen LogP contribution in [0.1, 0.15) is 12.0 Å². The summed E-state index contributed by atoms with van der Waals surface area (Å²) in [7, 11) is 6.10. The molecule has 0 amide bonds. The topological polar surface area (TPSA) is 30.3 Å². The van der Waals surface area contributed by atoms with Gasteiger partial charge in [-0.3, -0.25) is 0 Å². The van der Waals surface area contributed by atoms with Crippen molar-refractivity contribution in [2.24, 2.45) is 0 Å². The first kappa shape index (κ1) is 13.8. The summed E-state index contributed by atoms with van der Waals surface area (Å²) in [5, 5.41) is 9.71. The van der Waals surface area contributed by atoms with Gasteiger partial charge in [-0.25, -0.2) is 0 Å². The number of halogens is 1. The highest BCUT2D eigenvalue weighted by Crippen LogP contribution is 2.23. The number of nitrogens with zero attached hydrogens (tertiary/aromatic N) is 3. The van der Waals surface area contributed by atoms with E-state index in [1.165, 1.54) is 0 Å². The second kappa shape index (κ2) is 6.48. The molecule has 0 radical (unpaired) electrons. The first-order valence-electron chi connectivity index (χ1n) is 5.60. The third kappa shape index (κ3) is 4.26. The second-order valence-corrected chi connectivity index (χ2v) is 4.79. The zero-order valence-electron chi connectivity index (χ0n) is 10.6. The summed E-state index contributed by atoms with van der Waals surface area (Å²) < 4.78 is 0. The Bertz CT molecular complexity index is 410. The van der Waals surface area contributed by atoms with Gasteiger partial charge in [0.05, 0.1) is 11.3 Å². The first-order chi connectivity index (χ1) is 8.04. The molecule has 0 aliphatic heterocycles. The molecule has 1 rings (SSSR count). The van der Waals surface area contributed by atoms with Gasteiger partial charge in [0.1, 0.15) is 6.07 Å². The largest absolute Gasteiger partial charge is 0.373 e. The zero-order chi connectivity index (χ0) is 12.8. The van der Waals surface area contributed by atoms with E-state index in [2.05, 4.69) is 30.0 Å². The number of rotatable bonds is 5. The van der Waals surface area contributed by atoms with Gasteiger partial charge in [0.25, 0.3) is 0 Å². The normalized spacial score (nSPS) is 10.4. The van der Waals surface area contributed by atoms with Crippen molar-refractivity contribution in [2.45, 2.75) is 6.42 Å². The number of benzene rings is 1. The number of anilines is 1. The van der Waals surface area contributed by atoms with Crippen LogP contribution < -0.4 is 4.90 Å². The summed E-state index contributed by atoms with van der Waals surface area (Å²) >= 11 is 5.96. The highest BCUT2D eigenvalue weighted by atomic mass is 35.5. The molecule has 0 bridgehead atoms. The quantitative estimate of drug-likeness (QED) is 0.806. The molecule has 0 aliphatic rings. The van der Waals surface area contributed by atoms with Gasteiger partial charge in [0, 0.05) is 18.6 Å². The Labute approximate surface area is 108 Å². The van der Waals surface area contributed by atoms with Crippen LogP contribution in [-0.4, -0.2) is 39.1 Å². The summed E-state index contributed by atoms with van der Waals surface area (Å²) in [4.78, 5) is 4.23. The lowest BCUT2D eigenvalue weighted by molar-refractivity contribution is 0.401. The molecule has 0 spiro atoms. The summed E-state index contributed by atoms with van der Waals surface area (Å²) in [5.74, 6) is 0. The van der Waals surface area contributed by atoms with Crippen molar-refractivity contribution >= 4 is 17.3 Å². The first-order valence-corrected chi connectivity index (χ1v) is 5.98. The lowest BCUT2D eigenvalue weighted by Crippen LogP contribution is -2.23. The summed E-state index contributed by atoms with van der Waals surface area (Å²) in [6.07, 6.45) is 1.06. The maximum absolute atomic E-state index is 9.04. The summed E-state index contributed by atoms with van der Waals surface area (Å²) in [5.41, 5.74) is 1.57. The molecular formula is C13H18ClN3. The molecule has 1 aromatic carbocycles. The SMILES string of the molecule is CN(C)CCCN(C)c1cc(Cl)ccc1C#N. The van der Waals surface area contributed by atoms with Crippen LogP contribution in [0.2, 0.25) is 5.02 Å². The molecular weight excluding hydrogens is 234 g/mol. The molecule has 0 saturated carbocycles. The van der Waals surface area contributed by atoms with Crippen LogP contribution in [0.5, 0.6) is 0 Å². The lowest BCUT2D eigenvalue weighted by atomic mass is 10.1. The third-order valence-corrected chi connectivity index (χ3v) is 2.83. The van der Waals surface area contributed by atoms with E-state index in [4.69, 9.17) is 16.9 Å². The Hall–Kier alpha value is -1.24. The molecule has 0 saturated heterocycles. The molecule has 0 aromatic heterocycles. The van der Waals surface area contributed by atoms with Crippen LogP contribution in [0, 0.1) is 11.3 Å². The van der Waals surface area contributed by atoms with Crippen molar-refractivity contribution in [3.63, 3.8) is 0 Å². The van der Waals surface area contributed by atoms with Crippen molar-refractivity contribution in [1.29, 1.82) is 5.26 Å². The fourth-order valence-corrected chi connectivity index (χ4v) is 1.83. The van der Waals surface area contributed by atoms with Crippen molar-refractivity contribution < 1.29 is 0 Å². The van der Waals surface area contributed by atoms with Crippen molar-refractivity contribution in [3.8, 4) is 6.07 Å². The molecule has 0 N–H and O–H groups in total. The Kier molecular flexibility index (Phi) is 5.27.